The van der Waals surface area contributed by atoms with Crippen molar-refractivity contribution in [2.45, 2.75) is 70.9 Å². The van der Waals surface area contributed by atoms with Crippen molar-refractivity contribution in [2.75, 3.05) is 19.8 Å². The molecule has 2 fully saturated rings. The molecule has 6 heteroatoms. The van der Waals surface area contributed by atoms with Crippen molar-refractivity contribution in [1.29, 1.82) is 0 Å². The van der Waals surface area contributed by atoms with Crippen molar-refractivity contribution in [3.63, 3.8) is 0 Å². The zero-order valence-corrected chi connectivity index (χ0v) is 17.7. The van der Waals surface area contributed by atoms with E-state index < -0.39 is 0 Å². The molecule has 1 aromatic carbocycles. The fraction of sp³-hybridized carbons (Fsp3) is 0.652. The number of benzene rings is 1. The van der Waals surface area contributed by atoms with Gasteiger partial charge in [-0.25, -0.2) is 0 Å². The molecule has 2 amide bonds. The molecule has 0 spiro atoms. The van der Waals surface area contributed by atoms with E-state index in [2.05, 4.69) is 10.6 Å². The zero-order valence-electron chi connectivity index (χ0n) is 17.7. The topological polar surface area (TPSA) is 76.7 Å². The van der Waals surface area contributed by atoms with Crippen molar-refractivity contribution in [3.8, 4) is 5.75 Å². The van der Waals surface area contributed by atoms with Crippen molar-refractivity contribution in [3.05, 3.63) is 29.3 Å². The molecular weight excluding hydrogens is 368 g/mol. The van der Waals surface area contributed by atoms with Gasteiger partial charge in [0, 0.05) is 25.1 Å². The fourth-order valence-electron chi connectivity index (χ4n) is 4.05. The van der Waals surface area contributed by atoms with Crippen LogP contribution in [-0.2, 0) is 14.3 Å². The Kier molecular flexibility index (Phi) is 7.92. The van der Waals surface area contributed by atoms with Gasteiger partial charge in [-0.05, 0) is 82.1 Å². The van der Waals surface area contributed by atoms with E-state index in [4.69, 9.17) is 9.47 Å². The van der Waals surface area contributed by atoms with Gasteiger partial charge in [0.05, 0.1) is 6.10 Å². The van der Waals surface area contributed by atoms with Gasteiger partial charge in [-0.1, -0.05) is 6.07 Å². The second-order valence-corrected chi connectivity index (χ2v) is 8.38. The first kappa shape index (κ1) is 21.6. The van der Waals surface area contributed by atoms with Crippen LogP contribution in [0.5, 0.6) is 5.75 Å². The SMILES string of the molecule is Cc1ccc(OCC(=O)NC2CCC(C(=O)NCC3CCCCO3)CC2)cc1C. The molecule has 2 N–H and O–H groups in total. The van der Waals surface area contributed by atoms with E-state index in [9.17, 15) is 9.59 Å². The van der Waals surface area contributed by atoms with E-state index in [-0.39, 0.29) is 36.5 Å². The molecule has 1 aromatic rings. The summed E-state index contributed by atoms with van der Waals surface area (Å²) >= 11 is 0. The Morgan fingerprint density at radius 2 is 1.86 bits per heavy atom. The first-order valence-electron chi connectivity index (χ1n) is 10.9. The Balaban J connectivity index is 1.32. The summed E-state index contributed by atoms with van der Waals surface area (Å²) in [5.74, 6) is 0.775. The lowest BCUT2D eigenvalue weighted by Gasteiger charge is -2.29. The van der Waals surface area contributed by atoms with Crippen LogP contribution in [-0.4, -0.2) is 43.7 Å². The molecule has 6 nitrogen and oxygen atoms in total. The normalized spacial score (nSPS) is 24.6. The van der Waals surface area contributed by atoms with Crippen LogP contribution < -0.4 is 15.4 Å². The van der Waals surface area contributed by atoms with Gasteiger partial charge in [0.2, 0.25) is 5.91 Å². The van der Waals surface area contributed by atoms with Crippen LogP contribution in [0.4, 0.5) is 0 Å². The van der Waals surface area contributed by atoms with Crippen LogP contribution in [0.25, 0.3) is 0 Å². The maximum atomic E-state index is 12.4. The number of hydrogen-bond donors (Lipinski definition) is 2. The van der Waals surface area contributed by atoms with Crippen molar-refractivity contribution in [1.82, 2.24) is 10.6 Å². The minimum Gasteiger partial charge on any atom is -0.484 e. The van der Waals surface area contributed by atoms with Crippen LogP contribution in [0.2, 0.25) is 0 Å². The average molecular weight is 403 g/mol. The quantitative estimate of drug-likeness (QED) is 0.735. The number of aryl methyl sites for hydroxylation is 2. The molecule has 0 bridgehead atoms. The zero-order chi connectivity index (χ0) is 20.6. The number of carbonyl (C=O) groups excluding carboxylic acids is 2. The second kappa shape index (κ2) is 10.6. The van der Waals surface area contributed by atoms with E-state index in [0.717, 1.165) is 50.7 Å². The monoisotopic (exact) mass is 402 g/mol. The maximum Gasteiger partial charge on any atom is 0.258 e. The molecule has 29 heavy (non-hydrogen) atoms. The third-order valence-electron chi connectivity index (χ3n) is 6.09. The van der Waals surface area contributed by atoms with Crippen LogP contribution in [0.3, 0.4) is 0 Å². The number of ether oxygens (including phenoxy) is 2. The van der Waals surface area contributed by atoms with E-state index in [1.165, 1.54) is 12.0 Å². The Labute approximate surface area is 173 Å². The summed E-state index contributed by atoms with van der Waals surface area (Å²) in [7, 11) is 0. The lowest BCUT2D eigenvalue weighted by molar-refractivity contribution is -0.127. The molecule has 1 atom stereocenters. The smallest absolute Gasteiger partial charge is 0.258 e. The maximum absolute atomic E-state index is 12.4. The number of rotatable bonds is 7. The van der Waals surface area contributed by atoms with Crippen LogP contribution in [0.15, 0.2) is 18.2 Å². The van der Waals surface area contributed by atoms with Crippen LogP contribution >= 0.6 is 0 Å². The van der Waals surface area contributed by atoms with E-state index >= 15 is 0 Å². The van der Waals surface area contributed by atoms with Gasteiger partial charge in [0.1, 0.15) is 5.75 Å². The van der Waals surface area contributed by atoms with Crippen molar-refractivity contribution in [2.24, 2.45) is 5.92 Å². The molecular formula is C23H34N2O4. The molecule has 3 rings (SSSR count). The van der Waals surface area contributed by atoms with Crippen LogP contribution in [0.1, 0.15) is 56.1 Å². The molecule has 0 radical (unpaired) electrons. The summed E-state index contributed by atoms with van der Waals surface area (Å²) < 4.78 is 11.3. The first-order valence-corrected chi connectivity index (χ1v) is 10.9. The highest BCUT2D eigenvalue weighted by atomic mass is 16.5. The Hall–Kier alpha value is -2.08. The third kappa shape index (κ3) is 6.74. The van der Waals surface area contributed by atoms with E-state index in [0.29, 0.717) is 12.3 Å². The van der Waals surface area contributed by atoms with Gasteiger partial charge in [-0.15, -0.1) is 0 Å². The molecule has 1 saturated heterocycles. The fourth-order valence-corrected chi connectivity index (χ4v) is 4.05. The largest absolute Gasteiger partial charge is 0.484 e. The second-order valence-electron chi connectivity index (χ2n) is 8.38. The molecule has 160 valence electrons. The molecule has 1 heterocycles. The Morgan fingerprint density at radius 1 is 1.07 bits per heavy atom. The minimum absolute atomic E-state index is 0.0182. The molecule has 0 aromatic heterocycles. The number of amides is 2. The highest BCUT2D eigenvalue weighted by Gasteiger charge is 2.27. The van der Waals surface area contributed by atoms with Gasteiger partial charge < -0.3 is 20.1 Å². The van der Waals surface area contributed by atoms with Gasteiger partial charge in [0.25, 0.3) is 5.91 Å². The molecule has 1 saturated carbocycles. The standard InChI is InChI=1S/C23H34N2O4/c1-16-6-11-20(13-17(16)2)29-15-22(26)25-19-9-7-18(8-10-19)23(27)24-14-21-5-3-4-12-28-21/h6,11,13,18-19,21H,3-5,7-10,12,14-15H2,1-2H3,(H,24,27)(H,25,26). The number of hydrogen-bond acceptors (Lipinski definition) is 4. The summed E-state index contributed by atoms with van der Waals surface area (Å²) in [6, 6.07) is 5.95. The van der Waals surface area contributed by atoms with Crippen LogP contribution in [0, 0.1) is 19.8 Å². The summed E-state index contributed by atoms with van der Waals surface area (Å²) in [5.41, 5.74) is 2.35. The number of nitrogens with one attached hydrogen (secondary N) is 2. The summed E-state index contributed by atoms with van der Waals surface area (Å²) in [6.45, 7) is 5.51. The minimum atomic E-state index is -0.106. The molecule has 2 aliphatic rings. The van der Waals surface area contributed by atoms with Crippen molar-refractivity contribution < 1.29 is 19.1 Å². The summed E-state index contributed by atoms with van der Waals surface area (Å²) in [6.07, 6.45) is 6.76. The van der Waals surface area contributed by atoms with E-state index in [1.54, 1.807) is 0 Å². The molecule has 1 aliphatic heterocycles. The summed E-state index contributed by atoms with van der Waals surface area (Å²) in [4.78, 5) is 24.6. The summed E-state index contributed by atoms with van der Waals surface area (Å²) in [5, 5.41) is 6.10. The lowest BCUT2D eigenvalue weighted by atomic mass is 9.85. The van der Waals surface area contributed by atoms with Gasteiger partial charge in [0.15, 0.2) is 6.61 Å². The van der Waals surface area contributed by atoms with Gasteiger partial charge in [-0.3, -0.25) is 9.59 Å². The molecule has 1 unspecified atom stereocenters. The first-order chi connectivity index (χ1) is 14.0. The molecule has 1 aliphatic carbocycles. The Bertz CT molecular complexity index is 692. The van der Waals surface area contributed by atoms with Gasteiger partial charge in [-0.2, -0.15) is 0 Å². The lowest BCUT2D eigenvalue weighted by Crippen LogP contribution is -2.43. The average Bonchev–Trinajstić information content (AvgIpc) is 2.74. The highest BCUT2D eigenvalue weighted by Crippen LogP contribution is 2.25. The highest BCUT2D eigenvalue weighted by molar-refractivity contribution is 5.79. The predicted molar refractivity (Wildman–Crippen MR) is 112 cm³/mol. The Morgan fingerprint density at radius 3 is 2.55 bits per heavy atom. The predicted octanol–water partition coefficient (Wildman–Crippen LogP) is 3.04. The van der Waals surface area contributed by atoms with Crippen molar-refractivity contribution >= 4 is 11.8 Å². The number of carbonyl (C=O) groups is 2. The third-order valence-corrected chi connectivity index (χ3v) is 6.09. The van der Waals surface area contributed by atoms with Gasteiger partial charge >= 0.3 is 0 Å². The van der Waals surface area contributed by atoms with E-state index in [1.807, 2.05) is 32.0 Å².